The molecule has 132 valence electrons. The largest absolute Gasteiger partial charge is 0.382 e. The summed E-state index contributed by atoms with van der Waals surface area (Å²) in [5, 5.41) is 3.08. The number of hydrogen-bond donors (Lipinski definition) is 2. The van der Waals surface area contributed by atoms with E-state index in [1.165, 1.54) is 0 Å². The number of amides is 1. The van der Waals surface area contributed by atoms with Gasteiger partial charge in [-0.15, -0.1) is 0 Å². The minimum Gasteiger partial charge on any atom is -0.382 e. The van der Waals surface area contributed by atoms with Crippen LogP contribution < -0.4 is 11.1 Å². The summed E-state index contributed by atoms with van der Waals surface area (Å²) in [6, 6.07) is 8.20. The molecule has 1 aromatic carbocycles. The van der Waals surface area contributed by atoms with Crippen molar-refractivity contribution >= 4 is 11.9 Å². The molecule has 1 aliphatic rings. The summed E-state index contributed by atoms with van der Waals surface area (Å²) >= 11 is 0. The zero-order valence-corrected chi connectivity index (χ0v) is 14.5. The number of ether oxygens (including phenoxy) is 1. The molecular weight excluding hydrogens is 304 g/mol. The van der Waals surface area contributed by atoms with E-state index in [2.05, 4.69) is 22.4 Å². The van der Waals surface area contributed by atoms with E-state index in [0.717, 1.165) is 50.3 Å². The number of nitrogens with one attached hydrogen (secondary N) is 1. The van der Waals surface area contributed by atoms with Crippen molar-refractivity contribution in [1.29, 1.82) is 0 Å². The number of nitrogens with zero attached hydrogens (tertiary/aromatic N) is 2. The lowest BCUT2D eigenvalue weighted by molar-refractivity contribution is -0.128. The molecule has 0 unspecified atom stereocenters. The van der Waals surface area contributed by atoms with E-state index >= 15 is 0 Å². The molecule has 6 heteroatoms. The van der Waals surface area contributed by atoms with E-state index in [-0.39, 0.29) is 5.91 Å². The van der Waals surface area contributed by atoms with Gasteiger partial charge >= 0.3 is 0 Å². The fraction of sp³-hybridized carbons (Fsp3) is 0.556. The predicted molar refractivity (Wildman–Crippen MR) is 95.5 cm³/mol. The molecule has 3 N–H and O–H groups in total. The average molecular weight is 332 g/mol. The first kappa shape index (κ1) is 18.3. The Morgan fingerprint density at radius 1 is 1.33 bits per heavy atom. The van der Waals surface area contributed by atoms with E-state index in [9.17, 15) is 4.79 Å². The van der Waals surface area contributed by atoms with Crippen LogP contribution in [0.1, 0.15) is 37.3 Å². The zero-order chi connectivity index (χ0) is 17.2. The Balaban J connectivity index is 1.72. The van der Waals surface area contributed by atoms with Crippen LogP contribution in [0.25, 0.3) is 0 Å². The van der Waals surface area contributed by atoms with E-state index in [1.54, 1.807) is 0 Å². The fourth-order valence-electron chi connectivity index (χ4n) is 2.61. The second kappa shape index (κ2) is 9.93. The molecule has 1 aliphatic heterocycles. The monoisotopic (exact) mass is 332 g/mol. The van der Waals surface area contributed by atoms with Crippen molar-refractivity contribution in [2.24, 2.45) is 10.7 Å². The van der Waals surface area contributed by atoms with Crippen molar-refractivity contribution in [3.63, 3.8) is 0 Å². The third-order valence-electron chi connectivity index (χ3n) is 3.98. The van der Waals surface area contributed by atoms with Crippen molar-refractivity contribution < 1.29 is 9.53 Å². The van der Waals surface area contributed by atoms with Crippen molar-refractivity contribution in [3.05, 3.63) is 35.4 Å². The van der Waals surface area contributed by atoms with E-state index in [1.807, 2.05) is 24.0 Å². The molecular formula is C18H28N4O2. The highest BCUT2D eigenvalue weighted by Gasteiger charge is 2.19. The van der Waals surface area contributed by atoms with Gasteiger partial charge in [-0.05, 0) is 30.9 Å². The number of likely N-dealkylation sites (tertiary alicyclic amines) is 1. The number of guanidine groups is 1. The Labute approximate surface area is 144 Å². The molecule has 0 radical (unpaired) electrons. The lowest BCUT2D eigenvalue weighted by atomic mass is 10.1. The highest BCUT2D eigenvalue weighted by atomic mass is 16.5. The number of rotatable bonds is 9. The van der Waals surface area contributed by atoms with Crippen LogP contribution in [0.2, 0.25) is 0 Å². The first-order valence-electron chi connectivity index (χ1n) is 8.66. The molecule has 0 atom stereocenters. The highest BCUT2D eigenvalue weighted by Crippen LogP contribution is 2.15. The number of aliphatic imine (C=N–C) groups is 1. The van der Waals surface area contributed by atoms with Crippen LogP contribution in [-0.4, -0.2) is 43.1 Å². The van der Waals surface area contributed by atoms with Gasteiger partial charge in [0.15, 0.2) is 5.96 Å². The number of carbonyl (C=O) groups is 1. The van der Waals surface area contributed by atoms with Crippen LogP contribution in [0.5, 0.6) is 0 Å². The van der Waals surface area contributed by atoms with Crippen molar-refractivity contribution in [1.82, 2.24) is 10.2 Å². The fourth-order valence-corrected chi connectivity index (χ4v) is 2.61. The van der Waals surface area contributed by atoms with Gasteiger partial charge in [0.25, 0.3) is 0 Å². The molecule has 0 bridgehead atoms. The summed E-state index contributed by atoms with van der Waals surface area (Å²) in [6.45, 7) is 6.34. The number of hydrogen-bond acceptors (Lipinski definition) is 3. The first-order chi connectivity index (χ1) is 11.7. The maximum atomic E-state index is 11.6. The number of nitrogens with two attached hydrogens (primary N) is 1. The van der Waals surface area contributed by atoms with Gasteiger partial charge in [0.1, 0.15) is 0 Å². The molecule has 0 spiro atoms. The smallest absolute Gasteiger partial charge is 0.222 e. The van der Waals surface area contributed by atoms with Crippen LogP contribution in [-0.2, 0) is 22.6 Å². The molecule has 6 nitrogen and oxygen atoms in total. The molecule has 24 heavy (non-hydrogen) atoms. The first-order valence-corrected chi connectivity index (χ1v) is 8.66. The average Bonchev–Trinajstić information content (AvgIpc) is 2.99. The van der Waals surface area contributed by atoms with Crippen LogP contribution in [0, 0.1) is 0 Å². The van der Waals surface area contributed by atoms with Gasteiger partial charge in [0, 0.05) is 39.3 Å². The van der Waals surface area contributed by atoms with Gasteiger partial charge in [-0.25, -0.2) is 4.99 Å². The second-order valence-electron chi connectivity index (χ2n) is 5.91. The van der Waals surface area contributed by atoms with Crippen molar-refractivity contribution in [3.8, 4) is 0 Å². The van der Waals surface area contributed by atoms with Crippen LogP contribution >= 0.6 is 0 Å². The lowest BCUT2D eigenvalue weighted by Crippen LogP contribution is -2.32. The molecule has 1 aromatic rings. The van der Waals surface area contributed by atoms with Crippen molar-refractivity contribution in [2.45, 2.75) is 39.3 Å². The van der Waals surface area contributed by atoms with Gasteiger partial charge < -0.3 is 20.7 Å². The quantitative estimate of drug-likeness (QED) is 0.409. The maximum absolute atomic E-state index is 11.6. The maximum Gasteiger partial charge on any atom is 0.222 e. The van der Waals surface area contributed by atoms with Gasteiger partial charge in [-0.2, -0.15) is 0 Å². The van der Waals surface area contributed by atoms with Crippen LogP contribution in [0.3, 0.4) is 0 Å². The Morgan fingerprint density at radius 3 is 2.75 bits per heavy atom. The SMILES string of the molecule is CCOCCCNC(N)=NCc1ccc(CN2CCCC2=O)cc1. The van der Waals surface area contributed by atoms with Crippen LogP contribution in [0.4, 0.5) is 0 Å². The zero-order valence-electron chi connectivity index (χ0n) is 14.5. The van der Waals surface area contributed by atoms with Gasteiger partial charge in [0.05, 0.1) is 6.54 Å². The minimum atomic E-state index is 0.256. The molecule has 0 aliphatic carbocycles. The second-order valence-corrected chi connectivity index (χ2v) is 5.91. The third-order valence-corrected chi connectivity index (χ3v) is 3.98. The molecule has 1 amide bonds. The Morgan fingerprint density at radius 2 is 2.08 bits per heavy atom. The molecule has 0 saturated carbocycles. The summed E-state index contributed by atoms with van der Waals surface area (Å²) in [4.78, 5) is 17.9. The summed E-state index contributed by atoms with van der Waals surface area (Å²) in [7, 11) is 0. The molecule has 1 saturated heterocycles. The number of benzene rings is 1. The summed E-state index contributed by atoms with van der Waals surface area (Å²) in [6.07, 6.45) is 2.57. The van der Waals surface area contributed by atoms with Crippen molar-refractivity contribution in [2.75, 3.05) is 26.3 Å². The van der Waals surface area contributed by atoms with E-state index in [0.29, 0.717) is 25.5 Å². The minimum absolute atomic E-state index is 0.256. The summed E-state index contributed by atoms with van der Waals surface area (Å²) in [5.41, 5.74) is 8.10. The number of carbonyl (C=O) groups excluding carboxylic acids is 1. The van der Waals surface area contributed by atoms with Gasteiger partial charge in [-0.1, -0.05) is 24.3 Å². The Hall–Kier alpha value is -2.08. The van der Waals surface area contributed by atoms with Crippen LogP contribution in [0.15, 0.2) is 29.3 Å². The molecule has 1 heterocycles. The Kier molecular flexibility index (Phi) is 7.55. The third kappa shape index (κ3) is 6.20. The summed E-state index contributed by atoms with van der Waals surface area (Å²) < 4.78 is 5.26. The van der Waals surface area contributed by atoms with Gasteiger partial charge in [-0.3, -0.25) is 4.79 Å². The molecule has 1 fully saturated rings. The van der Waals surface area contributed by atoms with Gasteiger partial charge in [0.2, 0.25) is 5.91 Å². The molecule has 2 rings (SSSR count). The lowest BCUT2D eigenvalue weighted by Gasteiger charge is -2.15. The topological polar surface area (TPSA) is 80.0 Å². The van der Waals surface area contributed by atoms with E-state index < -0.39 is 0 Å². The standard InChI is InChI=1S/C18H28N4O2/c1-2-24-12-4-10-20-18(19)21-13-15-6-8-16(9-7-15)14-22-11-3-5-17(22)23/h6-9H,2-5,10-14H2,1H3,(H3,19,20,21). The molecule has 0 aromatic heterocycles. The predicted octanol–water partition coefficient (Wildman–Crippen LogP) is 1.64. The Bertz CT molecular complexity index is 542. The normalized spacial score (nSPS) is 15.1. The summed E-state index contributed by atoms with van der Waals surface area (Å²) in [5.74, 6) is 0.713. The van der Waals surface area contributed by atoms with E-state index in [4.69, 9.17) is 10.5 Å². The highest BCUT2D eigenvalue weighted by molar-refractivity contribution is 5.78.